The topological polar surface area (TPSA) is 89.4 Å². The lowest BCUT2D eigenvalue weighted by atomic mass is 10.1. The molecule has 8 nitrogen and oxygen atoms in total. The molecule has 1 atom stereocenters. The maximum Gasteiger partial charge on any atom is 0.276 e. The minimum atomic E-state index is -0.733. The van der Waals surface area contributed by atoms with E-state index in [1.165, 1.54) is 23.1 Å². The number of morpholine rings is 1. The van der Waals surface area contributed by atoms with Crippen LogP contribution in [0.2, 0.25) is 5.02 Å². The molecule has 10 heteroatoms. The summed E-state index contributed by atoms with van der Waals surface area (Å²) in [5, 5.41) is 6.73. The summed E-state index contributed by atoms with van der Waals surface area (Å²) in [5.41, 5.74) is 1.20. The van der Waals surface area contributed by atoms with Gasteiger partial charge in [-0.15, -0.1) is 0 Å². The highest BCUT2D eigenvalue weighted by Crippen LogP contribution is 2.20. The number of carbonyl (C=O) groups is 2. The van der Waals surface area contributed by atoms with Crippen LogP contribution in [-0.2, 0) is 16.1 Å². The molecule has 0 bridgehead atoms. The van der Waals surface area contributed by atoms with Crippen molar-refractivity contribution in [3.63, 3.8) is 0 Å². The number of halogens is 2. The molecule has 36 heavy (non-hydrogen) atoms. The van der Waals surface area contributed by atoms with Gasteiger partial charge in [-0.05, 0) is 18.2 Å². The van der Waals surface area contributed by atoms with Crippen molar-refractivity contribution in [3.8, 4) is 11.8 Å². The third-order valence-electron chi connectivity index (χ3n) is 5.53. The summed E-state index contributed by atoms with van der Waals surface area (Å²) in [7, 11) is 0. The quantitative estimate of drug-likeness (QED) is 0.531. The van der Waals surface area contributed by atoms with Crippen LogP contribution in [0.5, 0.6) is 0 Å². The molecular formula is C26H25ClFN5O3. The number of hydrogen-bond donors (Lipinski definition) is 1. The Bertz CT molecular complexity index is 1320. The van der Waals surface area contributed by atoms with Crippen molar-refractivity contribution in [2.24, 2.45) is 5.92 Å². The molecule has 1 aliphatic heterocycles. The number of hydrogen-bond acceptors (Lipinski definition) is 5. The lowest BCUT2D eigenvalue weighted by Gasteiger charge is -2.34. The molecule has 1 aromatic carbocycles. The van der Waals surface area contributed by atoms with Crippen molar-refractivity contribution in [1.82, 2.24) is 19.7 Å². The van der Waals surface area contributed by atoms with Gasteiger partial charge < -0.3 is 15.0 Å². The summed E-state index contributed by atoms with van der Waals surface area (Å²) in [6, 6.07) is 10.5. The highest BCUT2D eigenvalue weighted by molar-refractivity contribution is 6.34. The summed E-state index contributed by atoms with van der Waals surface area (Å²) in [4.78, 5) is 31.1. The first kappa shape index (κ1) is 25.4. The zero-order valence-electron chi connectivity index (χ0n) is 19.9. The van der Waals surface area contributed by atoms with Crippen LogP contribution in [0.4, 0.5) is 10.2 Å². The predicted octanol–water partition coefficient (Wildman–Crippen LogP) is 3.61. The summed E-state index contributed by atoms with van der Waals surface area (Å²) >= 11 is 6.23. The average Bonchev–Trinajstić information content (AvgIpc) is 3.24. The second kappa shape index (κ2) is 11.3. The largest absolute Gasteiger partial charge is 0.373 e. The molecule has 0 radical (unpaired) electrons. The van der Waals surface area contributed by atoms with E-state index in [1.54, 1.807) is 4.90 Å². The van der Waals surface area contributed by atoms with Crippen molar-refractivity contribution in [3.05, 3.63) is 76.5 Å². The summed E-state index contributed by atoms with van der Waals surface area (Å²) < 4.78 is 21.8. The molecule has 0 saturated carbocycles. The van der Waals surface area contributed by atoms with E-state index < -0.39 is 11.7 Å². The first-order chi connectivity index (χ1) is 17.3. The van der Waals surface area contributed by atoms with E-state index in [0.29, 0.717) is 25.3 Å². The van der Waals surface area contributed by atoms with E-state index in [4.69, 9.17) is 16.3 Å². The van der Waals surface area contributed by atoms with Gasteiger partial charge in [-0.3, -0.25) is 14.3 Å². The summed E-state index contributed by atoms with van der Waals surface area (Å²) in [6.45, 7) is 5.15. The first-order valence-corrected chi connectivity index (χ1v) is 11.8. The number of anilines is 1. The van der Waals surface area contributed by atoms with Gasteiger partial charge in [0, 0.05) is 36.3 Å². The lowest BCUT2D eigenvalue weighted by molar-refractivity contribution is -0.142. The van der Waals surface area contributed by atoms with Crippen molar-refractivity contribution >= 4 is 29.2 Å². The van der Waals surface area contributed by atoms with Gasteiger partial charge in [0.2, 0.25) is 5.91 Å². The highest BCUT2D eigenvalue weighted by atomic mass is 35.5. The highest BCUT2D eigenvalue weighted by Gasteiger charge is 2.28. The van der Waals surface area contributed by atoms with Gasteiger partial charge in [0.05, 0.1) is 30.5 Å². The molecule has 1 fully saturated rings. The zero-order chi connectivity index (χ0) is 25.7. The molecule has 186 valence electrons. The fourth-order valence-corrected chi connectivity index (χ4v) is 3.97. The van der Waals surface area contributed by atoms with Crippen molar-refractivity contribution in [1.29, 1.82) is 0 Å². The normalized spacial score (nSPS) is 15.4. The van der Waals surface area contributed by atoms with Crippen LogP contribution >= 0.6 is 11.6 Å². The molecule has 1 saturated heterocycles. The maximum absolute atomic E-state index is 14.7. The average molecular weight is 510 g/mol. The van der Waals surface area contributed by atoms with Gasteiger partial charge >= 0.3 is 0 Å². The number of carbonyl (C=O) groups excluding carboxylic acids is 2. The fourth-order valence-electron chi connectivity index (χ4n) is 3.75. The van der Waals surface area contributed by atoms with Crippen molar-refractivity contribution in [2.45, 2.75) is 26.5 Å². The molecule has 2 amide bonds. The number of pyridine rings is 1. The second-order valence-corrected chi connectivity index (χ2v) is 8.99. The zero-order valence-corrected chi connectivity index (χ0v) is 20.6. The molecule has 1 unspecified atom stereocenters. The van der Waals surface area contributed by atoms with Crippen LogP contribution in [0.3, 0.4) is 0 Å². The van der Waals surface area contributed by atoms with Crippen LogP contribution in [0.25, 0.3) is 0 Å². The number of ether oxygens (including phenoxy) is 1. The van der Waals surface area contributed by atoms with Crippen LogP contribution in [0.1, 0.15) is 35.5 Å². The number of amides is 2. The number of rotatable bonds is 5. The number of nitrogens with one attached hydrogen (secondary N) is 1. The Morgan fingerprint density at radius 3 is 2.69 bits per heavy atom. The maximum atomic E-state index is 14.7. The molecule has 1 aliphatic rings. The van der Waals surface area contributed by atoms with Crippen LogP contribution < -0.4 is 5.32 Å². The first-order valence-electron chi connectivity index (χ1n) is 11.5. The SMILES string of the molecule is CC(C)C(=O)N1CCOC(Cn2ncc(Cl)c2C(=O)Nc2ncc(C#Cc3ccccc3)cc2F)C1. The smallest absolute Gasteiger partial charge is 0.276 e. The Kier molecular flexibility index (Phi) is 7.98. The van der Waals surface area contributed by atoms with E-state index >= 15 is 0 Å². The van der Waals surface area contributed by atoms with Gasteiger partial charge in [-0.25, -0.2) is 9.37 Å². The summed E-state index contributed by atoms with van der Waals surface area (Å²) in [5.74, 6) is 4.04. The molecule has 3 aromatic rings. The van der Waals surface area contributed by atoms with Crippen molar-refractivity contribution in [2.75, 3.05) is 25.0 Å². The second-order valence-electron chi connectivity index (χ2n) is 8.58. The van der Waals surface area contributed by atoms with Gasteiger partial charge in [-0.1, -0.05) is 55.5 Å². The third kappa shape index (κ3) is 6.08. The van der Waals surface area contributed by atoms with Gasteiger partial charge in [-0.2, -0.15) is 5.10 Å². The minimum absolute atomic E-state index is 0.0400. The van der Waals surface area contributed by atoms with Crippen LogP contribution in [0, 0.1) is 23.6 Å². The third-order valence-corrected chi connectivity index (χ3v) is 5.81. The predicted molar refractivity (Wildman–Crippen MR) is 133 cm³/mol. The number of aromatic nitrogens is 3. The van der Waals surface area contributed by atoms with E-state index in [9.17, 15) is 14.0 Å². The molecular weight excluding hydrogens is 485 g/mol. The van der Waals surface area contributed by atoms with Gasteiger partial charge in [0.25, 0.3) is 5.91 Å². The monoisotopic (exact) mass is 509 g/mol. The standard InChI is InChI=1S/C26H25ClFN5O3/c1-17(2)26(35)32-10-11-36-20(15-32)16-33-23(21(27)14-30-33)25(34)31-24-22(28)12-19(13-29-24)9-8-18-6-4-3-5-7-18/h3-7,12-14,17,20H,10-11,15-16H2,1-2H3,(H,29,31,34). The van der Waals surface area contributed by atoms with E-state index in [2.05, 4.69) is 27.2 Å². The molecule has 0 spiro atoms. The van der Waals surface area contributed by atoms with Crippen molar-refractivity contribution < 1.29 is 18.7 Å². The van der Waals surface area contributed by atoms with Gasteiger partial charge in [0.15, 0.2) is 11.6 Å². The fraction of sp³-hybridized carbons (Fsp3) is 0.308. The van der Waals surface area contributed by atoms with E-state index in [0.717, 1.165) is 5.56 Å². The Balaban J connectivity index is 1.45. The van der Waals surface area contributed by atoms with E-state index in [1.807, 2.05) is 44.2 Å². The minimum Gasteiger partial charge on any atom is -0.373 e. The van der Waals surface area contributed by atoms with Crippen LogP contribution in [-0.4, -0.2) is 57.3 Å². The van der Waals surface area contributed by atoms with Crippen LogP contribution in [0.15, 0.2) is 48.8 Å². The Labute approximate surface area is 213 Å². The molecule has 1 N–H and O–H groups in total. The molecule has 3 heterocycles. The van der Waals surface area contributed by atoms with Gasteiger partial charge in [0.1, 0.15) is 5.69 Å². The molecule has 0 aliphatic carbocycles. The Morgan fingerprint density at radius 2 is 1.97 bits per heavy atom. The lowest BCUT2D eigenvalue weighted by Crippen LogP contribution is -2.48. The molecule has 2 aromatic heterocycles. The number of nitrogens with zero attached hydrogens (tertiary/aromatic N) is 4. The molecule has 4 rings (SSSR count). The number of benzene rings is 1. The van der Waals surface area contributed by atoms with E-state index in [-0.39, 0.29) is 41.0 Å². The Morgan fingerprint density at radius 1 is 1.22 bits per heavy atom. The summed E-state index contributed by atoms with van der Waals surface area (Å²) in [6.07, 6.45) is 2.34. The Hall–Kier alpha value is -3.74.